The highest BCUT2D eigenvalue weighted by atomic mass is 19.4. The number of carbonyl (C=O) groups is 3. The molecule has 0 aromatic carbocycles. The van der Waals surface area contributed by atoms with Crippen molar-refractivity contribution in [1.82, 2.24) is 10.2 Å². The molecule has 2 heterocycles. The van der Waals surface area contributed by atoms with E-state index < -0.39 is 48.0 Å². The number of nitrogens with two attached hydrogens (primary N) is 1. The number of carboxylic acid groups (broad SMARTS) is 1. The van der Waals surface area contributed by atoms with Gasteiger partial charge in [0.2, 0.25) is 5.91 Å². The first-order valence-electron chi connectivity index (χ1n) is 9.35. The van der Waals surface area contributed by atoms with Crippen LogP contribution in [0.1, 0.15) is 19.3 Å². The molecule has 162 valence electrons. The molecule has 2 aliphatic heterocycles. The van der Waals surface area contributed by atoms with Gasteiger partial charge in [0, 0.05) is 12.5 Å². The van der Waals surface area contributed by atoms with Gasteiger partial charge in [-0.1, -0.05) is 29.9 Å². The lowest BCUT2D eigenvalue weighted by Crippen LogP contribution is -2.69. The maximum Gasteiger partial charge on any atom is 0.409 e. The molecule has 11 heteroatoms. The van der Waals surface area contributed by atoms with E-state index in [0.29, 0.717) is 23.4 Å². The number of dihydropyridines is 1. The third kappa shape index (κ3) is 4.39. The molecule has 1 aliphatic carbocycles. The highest BCUT2D eigenvalue weighted by molar-refractivity contribution is 6.07. The first-order valence-corrected chi connectivity index (χ1v) is 9.35. The summed E-state index contributed by atoms with van der Waals surface area (Å²) < 4.78 is 40.5. The lowest BCUT2D eigenvalue weighted by atomic mass is 9.81. The van der Waals surface area contributed by atoms with Crippen molar-refractivity contribution in [3.63, 3.8) is 0 Å². The van der Waals surface area contributed by atoms with Gasteiger partial charge in [0.05, 0.1) is 5.92 Å². The fraction of sp³-hybridized carbons (Fsp3) is 0.474. The third-order valence-electron chi connectivity index (χ3n) is 5.32. The number of carbonyl (C=O) groups excluding carboxylic acids is 2. The molecule has 0 spiro atoms. The first kappa shape index (κ1) is 21.6. The average molecular weight is 426 g/mol. The van der Waals surface area contributed by atoms with E-state index in [1.165, 1.54) is 18.2 Å². The molecule has 4 atom stereocenters. The molecular formula is C19H21F3N4O4. The van der Waals surface area contributed by atoms with Crippen LogP contribution in [-0.2, 0) is 9.59 Å². The minimum atomic E-state index is -4.77. The molecule has 2 unspecified atom stereocenters. The topological polar surface area (TPSA) is 125 Å². The molecule has 0 radical (unpaired) electrons. The number of aliphatic imine (C=N–C) groups is 1. The number of allylic oxidation sites excluding steroid dienone is 3. The summed E-state index contributed by atoms with van der Waals surface area (Å²) in [6, 6.07) is -5.16. The van der Waals surface area contributed by atoms with E-state index >= 15 is 0 Å². The lowest BCUT2D eigenvalue weighted by molar-refractivity contribution is -0.169. The lowest BCUT2D eigenvalue weighted by Gasteiger charge is -2.44. The second-order valence-corrected chi connectivity index (χ2v) is 7.34. The van der Waals surface area contributed by atoms with E-state index in [-0.39, 0.29) is 18.7 Å². The maximum atomic E-state index is 13.5. The summed E-state index contributed by atoms with van der Waals surface area (Å²) in [4.78, 5) is 40.9. The molecular weight excluding hydrogens is 405 g/mol. The Kier molecular flexibility index (Phi) is 5.99. The summed E-state index contributed by atoms with van der Waals surface area (Å²) in [5.41, 5.74) is 6.32. The van der Waals surface area contributed by atoms with Gasteiger partial charge in [-0.15, -0.1) is 0 Å². The van der Waals surface area contributed by atoms with Gasteiger partial charge < -0.3 is 16.2 Å². The fourth-order valence-electron chi connectivity index (χ4n) is 3.84. The highest BCUT2D eigenvalue weighted by Crippen LogP contribution is 2.35. The van der Waals surface area contributed by atoms with Gasteiger partial charge in [-0.25, -0.2) is 14.5 Å². The van der Waals surface area contributed by atoms with Crippen LogP contribution in [0.3, 0.4) is 0 Å². The Balaban J connectivity index is 1.73. The molecule has 0 aromatic heterocycles. The summed E-state index contributed by atoms with van der Waals surface area (Å²) in [7, 11) is 0. The number of rotatable bonds is 5. The predicted molar refractivity (Wildman–Crippen MR) is 100 cm³/mol. The van der Waals surface area contributed by atoms with Crippen molar-refractivity contribution in [2.45, 2.75) is 37.5 Å². The number of alkyl halides is 3. The Hall–Kier alpha value is -3.11. The number of amides is 3. The molecule has 1 saturated heterocycles. The van der Waals surface area contributed by atoms with E-state index in [1.807, 2.05) is 5.32 Å². The highest BCUT2D eigenvalue weighted by Gasteiger charge is 2.56. The van der Waals surface area contributed by atoms with E-state index in [2.05, 4.69) is 4.99 Å². The zero-order valence-corrected chi connectivity index (χ0v) is 15.8. The number of carboxylic acids is 1. The van der Waals surface area contributed by atoms with Crippen molar-refractivity contribution >= 4 is 23.7 Å². The van der Waals surface area contributed by atoms with Crippen LogP contribution in [0, 0.1) is 11.8 Å². The molecule has 0 saturated carbocycles. The molecule has 4 N–H and O–H groups in total. The van der Waals surface area contributed by atoms with Crippen LogP contribution in [0.25, 0.3) is 0 Å². The van der Waals surface area contributed by atoms with Crippen molar-refractivity contribution in [3.05, 3.63) is 36.0 Å². The van der Waals surface area contributed by atoms with Crippen LogP contribution in [0.4, 0.5) is 18.0 Å². The largest absolute Gasteiger partial charge is 0.480 e. The molecule has 30 heavy (non-hydrogen) atoms. The van der Waals surface area contributed by atoms with E-state index in [0.717, 1.165) is 0 Å². The summed E-state index contributed by atoms with van der Waals surface area (Å²) >= 11 is 0. The van der Waals surface area contributed by atoms with Crippen molar-refractivity contribution < 1.29 is 32.7 Å². The van der Waals surface area contributed by atoms with Gasteiger partial charge >= 0.3 is 18.2 Å². The Morgan fingerprint density at radius 1 is 1.37 bits per heavy atom. The number of hydrogen-bond acceptors (Lipinski definition) is 5. The van der Waals surface area contributed by atoms with E-state index in [4.69, 9.17) is 5.73 Å². The van der Waals surface area contributed by atoms with Gasteiger partial charge in [-0.05, 0) is 25.3 Å². The van der Waals surface area contributed by atoms with E-state index in [1.54, 1.807) is 12.2 Å². The molecule has 3 aliphatic rings. The summed E-state index contributed by atoms with van der Waals surface area (Å²) in [5, 5.41) is 11.3. The number of nitrogens with zero attached hydrogens (tertiary/aromatic N) is 2. The monoisotopic (exact) mass is 426 g/mol. The number of halogens is 3. The Bertz CT molecular complexity index is 862. The smallest absolute Gasteiger partial charge is 0.409 e. The van der Waals surface area contributed by atoms with Crippen LogP contribution >= 0.6 is 0 Å². The Labute approximate surface area is 170 Å². The molecule has 8 nitrogen and oxygen atoms in total. The van der Waals surface area contributed by atoms with Crippen molar-refractivity contribution in [2.75, 3.05) is 6.54 Å². The second kappa shape index (κ2) is 8.33. The minimum absolute atomic E-state index is 0.0503. The second-order valence-electron chi connectivity index (χ2n) is 7.34. The summed E-state index contributed by atoms with van der Waals surface area (Å²) in [5.74, 6) is -4.14. The van der Waals surface area contributed by atoms with Gasteiger partial charge in [0.25, 0.3) is 0 Å². The number of aliphatic carboxylic acids is 1. The molecule has 3 amide bonds. The number of nitrogens with one attached hydrogen (secondary N) is 1. The zero-order chi connectivity index (χ0) is 22.1. The first-order chi connectivity index (χ1) is 14.1. The minimum Gasteiger partial charge on any atom is -0.480 e. The normalized spacial score (nSPS) is 27.1. The van der Waals surface area contributed by atoms with Crippen LogP contribution in [0.5, 0.6) is 0 Å². The van der Waals surface area contributed by atoms with Crippen molar-refractivity contribution in [2.24, 2.45) is 22.6 Å². The number of urea groups is 1. The van der Waals surface area contributed by atoms with Gasteiger partial charge in [0.15, 0.2) is 6.04 Å². The Morgan fingerprint density at radius 3 is 2.67 bits per heavy atom. The average Bonchev–Trinajstić information content (AvgIpc) is 2.67. The number of amidine groups is 1. The van der Waals surface area contributed by atoms with E-state index in [9.17, 15) is 32.7 Å². The van der Waals surface area contributed by atoms with Crippen molar-refractivity contribution in [3.8, 4) is 0 Å². The van der Waals surface area contributed by atoms with Crippen LogP contribution in [-0.4, -0.2) is 58.6 Å². The molecule has 3 rings (SSSR count). The summed E-state index contributed by atoms with van der Waals surface area (Å²) in [6.07, 6.45) is 3.24. The van der Waals surface area contributed by atoms with Crippen LogP contribution in [0.2, 0.25) is 0 Å². The van der Waals surface area contributed by atoms with Gasteiger partial charge in [0.1, 0.15) is 11.9 Å². The van der Waals surface area contributed by atoms with Crippen molar-refractivity contribution in [1.29, 1.82) is 0 Å². The SMILES string of the molecule is NC1=NCCC(C[C@H]2C(=O)N(C(=O)NC(C3C=CC=CC3)C(F)(F)F)[C@@H]2C(=O)O)=C1. The quantitative estimate of drug-likeness (QED) is 0.578. The van der Waals surface area contributed by atoms with Gasteiger partial charge in [-0.3, -0.25) is 9.79 Å². The number of likely N-dealkylation sites (tertiary alicyclic amines) is 1. The number of hydrogen-bond donors (Lipinski definition) is 3. The van der Waals surface area contributed by atoms with Crippen LogP contribution in [0.15, 0.2) is 40.9 Å². The summed E-state index contributed by atoms with van der Waals surface area (Å²) in [6.45, 7) is 0.400. The Morgan fingerprint density at radius 2 is 2.10 bits per heavy atom. The fourth-order valence-corrected chi connectivity index (χ4v) is 3.84. The van der Waals surface area contributed by atoms with Crippen LogP contribution < -0.4 is 11.1 Å². The molecule has 0 bridgehead atoms. The number of β-lactam (4-membered cyclic amide) rings is 1. The molecule has 0 aromatic rings. The predicted octanol–water partition coefficient (Wildman–Crippen LogP) is 1.75. The molecule has 1 fully saturated rings. The maximum absolute atomic E-state index is 13.5. The third-order valence-corrected chi connectivity index (χ3v) is 5.32. The zero-order valence-electron chi connectivity index (χ0n) is 15.8. The number of imide groups is 1. The van der Waals surface area contributed by atoms with Gasteiger partial charge in [-0.2, -0.15) is 13.2 Å². The standard InChI is InChI=1S/C19H21F3N4O4/c20-19(21,22)15(11-4-2-1-3-5-11)25-18(30)26-14(17(28)29)12(16(26)27)8-10-6-7-24-13(23)9-10/h1-4,9,11-12,14-15H,5-8H2,(H2,23,24)(H,25,30)(H,28,29)/t11?,12-,14+,15?/m1/s1.